The first-order valence-electron chi connectivity index (χ1n) is 6.54. The molecule has 19 heavy (non-hydrogen) atoms. The van der Waals surface area contributed by atoms with E-state index in [0.29, 0.717) is 12.5 Å². The Bertz CT molecular complexity index is 518. The molecule has 2 atom stereocenters. The van der Waals surface area contributed by atoms with Gasteiger partial charge >= 0.3 is 0 Å². The quantitative estimate of drug-likeness (QED) is 0.836. The standard InChI is InChI=1S/C14H16F3NO/c1-8-6-14(19,7-18(8)9-2-3-9)10-4-5-11(15)13(17)12(10)16/h4-5,8-9,19H,2-3,6-7H2,1H3. The number of β-amino-alcohol motifs (C(OH)–C–C–N with tert-alkyl or cyclic N) is 1. The minimum Gasteiger partial charge on any atom is -0.384 e. The minimum atomic E-state index is -1.51. The molecule has 1 saturated carbocycles. The molecule has 2 unspecified atom stereocenters. The van der Waals surface area contributed by atoms with Crippen LogP contribution in [0.4, 0.5) is 13.2 Å². The smallest absolute Gasteiger partial charge is 0.194 e. The first kappa shape index (κ1) is 12.9. The molecular weight excluding hydrogens is 255 g/mol. The van der Waals surface area contributed by atoms with Crippen LogP contribution >= 0.6 is 0 Å². The molecule has 2 aliphatic rings. The summed E-state index contributed by atoms with van der Waals surface area (Å²) < 4.78 is 40.1. The van der Waals surface area contributed by atoms with Gasteiger partial charge in [0.05, 0.1) is 0 Å². The van der Waals surface area contributed by atoms with Crippen molar-refractivity contribution in [1.82, 2.24) is 4.90 Å². The van der Waals surface area contributed by atoms with E-state index in [-0.39, 0.29) is 18.2 Å². The molecule has 3 rings (SSSR count). The van der Waals surface area contributed by atoms with Gasteiger partial charge in [-0.3, -0.25) is 4.90 Å². The summed E-state index contributed by atoms with van der Waals surface area (Å²) in [7, 11) is 0. The maximum absolute atomic E-state index is 13.8. The summed E-state index contributed by atoms with van der Waals surface area (Å²) in [4.78, 5) is 2.13. The zero-order chi connectivity index (χ0) is 13.8. The molecule has 2 nitrogen and oxygen atoms in total. The van der Waals surface area contributed by atoms with E-state index in [1.54, 1.807) is 0 Å². The van der Waals surface area contributed by atoms with Crippen LogP contribution in [0.15, 0.2) is 12.1 Å². The van der Waals surface area contributed by atoms with Crippen molar-refractivity contribution in [1.29, 1.82) is 0 Å². The van der Waals surface area contributed by atoms with E-state index in [4.69, 9.17) is 0 Å². The highest BCUT2D eigenvalue weighted by molar-refractivity contribution is 5.28. The average Bonchev–Trinajstić information content (AvgIpc) is 3.13. The number of aliphatic hydroxyl groups is 1. The van der Waals surface area contributed by atoms with E-state index in [1.807, 2.05) is 6.92 Å². The van der Waals surface area contributed by atoms with E-state index in [2.05, 4.69) is 4.90 Å². The lowest BCUT2D eigenvalue weighted by atomic mass is 9.91. The molecule has 0 amide bonds. The predicted molar refractivity (Wildman–Crippen MR) is 64.0 cm³/mol. The molecule has 1 aromatic carbocycles. The molecule has 0 spiro atoms. The Balaban J connectivity index is 1.95. The second kappa shape index (κ2) is 4.21. The highest BCUT2D eigenvalue weighted by Crippen LogP contribution is 2.42. The maximum Gasteiger partial charge on any atom is 0.194 e. The zero-order valence-electron chi connectivity index (χ0n) is 10.7. The molecular formula is C14H16F3NO. The number of rotatable bonds is 2. The van der Waals surface area contributed by atoms with E-state index in [1.165, 1.54) is 0 Å². The number of hydrogen-bond donors (Lipinski definition) is 1. The summed E-state index contributed by atoms with van der Waals surface area (Å²) >= 11 is 0. The molecule has 1 aliphatic heterocycles. The number of halogens is 3. The third-order valence-corrected chi connectivity index (χ3v) is 4.20. The Morgan fingerprint density at radius 1 is 1.21 bits per heavy atom. The number of hydrogen-bond acceptors (Lipinski definition) is 2. The summed E-state index contributed by atoms with van der Waals surface area (Å²) in [5.74, 6) is -4.01. The van der Waals surface area contributed by atoms with Gasteiger partial charge in [0.1, 0.15) is 5.60 Å². The van der Waals surface area contributed by atoms with Gasteiger partial charge in [-0.05, 0) is 32.3 Å². The van der Waals surface area contributed by atoms with Crippen molar-refractivity contribution in [2.24, 2.45) is 0 Å². The van der Waals surface area contributed by atoms with Crippen LogP contribution in [-0.4, -0.2) is 28.6 Å². The summed E-state index contributed by atoms with van der Waals surface area (Å²) in [6, 6.07) is 2.58. The molecule has 0 radical (unpaired) electrons. The van der Waals surface area contributed by atoms with E-state index in [0.717, 1.165) is 25.0 Å². The second-order valence-corrected chi connectivity index (χ2v) is 5.71. The molecule has 1 heterocycles. The highest BCUT2D eigenvalue weighted by atomic mass is 19.2. The molecule has 0 bridgehead atoms. The Hall–Kier alpha value is -1.07. The summed E-state index contributed by atoms with van der Waals surface area (Å²) in [6.45, 7) is 2.24. The van der Waals surface area contributed by atoms with Crippen molar-refractivity contribution in [2.75, 3.05) is 6.54 Å². The Kier molecular flexibility index (Phi) is 2.87. The van der Waals surface area contributed by atoms with Crippen LogP contribution in [0.3, 0.4) is 0 Å². The van der Waals surface area contributed by atoms with Crippen molar-refractivity contribution in [3.05, 3.63) is 35.1 Å². The van der Waals surface area contributed by atoms with E-state index in [9.17, 15) is 18.3 Å². The van der Waals surface area contributed by atoms with Gasteiger partial charge in [0.15, 0.2) is 17.5 Å². The number of benzene rings is 1. The molecule has 1 aliphatic carbocycles. The van der Waals surface area contributed by atoms with E-state index >= 15 is 0 Å². The SMILES string of the molecule is CC1CC(O)(c2ccc(F)c(F)c2F)CN1C1CC1. The van der Waals surface area contributed by atoms with Gasteiger partial charge in [0, 0.05) is 24.2 Å². The summed E-state index contributed by atoms with van der Waals surface area (Å²) in [5.41, 5.74) is -1.57. The van der Waals surface area contributed by atoms with Crippen molar-refractivity contribution < 1.29 is 18.3 Å². The monoisotopic (exact) mass is 271 g/mol. The molecule has 1 aromatic rings. The molecule has 1 saturated heterocycles. The van der Waals surface area contributed by atoms with Gasteiger partial charge in [0.25, 0.3) is 0 Å². The fourth-order valence-corrected chi connectivity index (χ4v) is 3.10. The van der Waals surface area contributed by atoms with Crippen LogP contribution in [0.2, 0.25) is 0 Å². The fraction of sp³-hybridized carbons (Fsp3) is 0.571. The van der Waals surface area contributed by atoms with Crippen LogP contribution in [0.25, 0.3) is 0 Å². The average molecular weight is 271 g/mol. The Morgan fingerprint density at radius 2 is 1.89 bits per heavy atom. The Morgan fingerprint density at radius 3 is 2.53 bits per heavy atom. The molecule has 0 aromatic heterocycles. The van der Waals surface area contributed by atoms with Crippen LogP contribution in [0, 0.1) is 17.5 Å². The first-order chi connectivity index (χ1) is 8.92. The third kappa shape index (κ3) is 2.05. The van der Waals surface area contributed by atoms with E-state index < -0.39 is 23.1 Å². The highest BCUT2D eigenvalue weighted by Gasteiger charge is 2.48. The zero-order valence-corrected chi connectivity index (χ0v) is 10.7. The second-order valence-electron chi connectivity index (χ2n) is 5.71. The van der Waals surface area contributed by atoms with Gasteiger partial charge < -0.3 is 5.11 Å². The third-order valence-electron chi connectivity index (χ3n) is 4.20. The molecule has 1 N–H and O–H groups in total. The molecule has 2 fully saturated rings. The Labute approximate surface area is 109 Å². The molecule has 5 heteroatoms. The number of likely N-dealkylation sites (tertiary alicyclic amines) is 1. The molecule has 104 valence electrons. The first-order valence-corrected chi connectivity index (χ1v) is 6.54. The van der Waals surface area contributed by atoms with Crippen LogP contribution in [0.1, 0.15) is 31.7 Å². The largest absolute Gasteiger partial charge is 0.384 e. The van der Waals surface area contributed by atoms with Crippen molar-refractivity contribution in [3.8, 4) is 0 Å². The van der Waals surface area contributed by atoms with Crippen LogP contribution in [-0.2, 0) is 5.60 Å². The summed E-state index contributed by atoms with van der Waals surface area (Å²) in [6.07, 6.45) is 2.51. The van der Waals surface area contributed by atoms with Crippen LogP contribution < -0.4 is 0 Å². The minimum absolute atomic E-state index is 0.116. The normalized spacial score (nSPS) is 31.9. The van der Waals surface area contributed by atoms with Gasteiger partial charge in [-0.15, -0.1) is 0 Å². The lowest BCUT2D eigenvalue weighted by Gasteiger charge is -2.24. The number of nitrogens with zero attached hydrogens (tertiary/aromatic N) is 1. The van der Waals surface area contributed by atoms with Crippen molar-refractivity contribution in [3.63, 3.8) is 0 Å². The van der Waals surface area contributed by atoms with Crippen LogP contribution in [0.5, 0.6) is 0 Å². The fourth-order valence-electron chi connectivity index (χ4n) is 3.10. The van der Waals surface area contributed by atoms with Gasteiger partial charge in [-0.1, -0.05) is 6.07 Å². The van der Waals surface area contributed by atoms with Gasteiger partial charge in [-0.2, -0.15) is 0 Å². The summed E-state index contributed by atoms with van der Waals surface area (Å²) in [5, 5.41) is 10.6. The topological polar surface area (TPSA) is 23.5 Å². The lowest BCUT2D eigenvalue weighted by molar-refractivity contribution is 0.0407. The van der Waals surface area contributed by atoms with Gasteiger partial charge in [0.2, 0.25) is 0 Å². The van der Waals surface area contributed by atoms with Crippen molar-refractivity contribution in [2.45, 2.75) is 43.9 Å². The van der Waals surface area contributed by atoms with Crippen molar-refractivity contribution >= 4 is 0 Å². The lowest BCUT2D eigenvalue weighted by Crippen LogP contribution is -2.34. The maximum atomic E-state index is 13.8. The predicted octanol–water partition coefficient (Wildman–Crippen LogP) is 2.55. The van der Waals surface area contributed by atoms with Gasteiger partial charge in [-0.25, -0.2) is 13.2 Å².